The molecule has 2 aromatic carbocycles. The first-order valence-corrected chi connectivity index (χ1v) is 8.04. The molecular weight excluding hydrogens is 304 g/mol. The third-order valence-electron chi connectivity index (χ3n) is 4.50. The van der Waals surface area contributed by atoms with Gasteiger partial charge in [0.1, 0.15) is 6.17 Å². The van der Waals surface area contributed by atoms with Crippen LogP contribution >= 0.6 is 0 Å². The Labute approximate surface area is 140 Å². The molecule has 1 aliphatic heterocycles. The van der Waals surface area contributed by atoms with Crippen molar-refractivity contribution >= 4 is 17.6 Å². The highest BCUT2D eigenvalue weighted by molar-refractivity contribution is 6.02. The summed E-state index contributed by atoms with van der Waals surface area (Å²) >= 11 is 0. The van der Waals surface area contributed by atoms with Crippen molar-refractivity contribution in [2.24, 2.45) is 0 Å². The van der Waals surface area contributed by atoms with Crippen LogP contribution in [-0.2, 0) is 0 Å². The Morgan fingerprint density at radius 3 is 2.50 bits per heavy atom. The van der Waals surface area contributed by atoms with Crippen LogP contribution in [-0.4, -0.2) is 27.9 Å². The first-order chi connectivity index (χ1) is 11.5. The summed E-state index contributed by atoms with van der Waals surface area (Å²) in [4.78, 5) is 25.8. The fraction of sp³-hybridized carbons (Fsp3) is 0.263. The molecule has 2 aromatic rings. The second kappa shape index (κ2) is 6.35. The van der Waals surface area contributed by atoms with Crippen LogP contribution in [0.3, 0.4) is 0 Å². The van der Waals surface area contributed by atoms with E-state index < -0.39 is 5.97 Å². The lowest BCUT2D eigenvalue weighted by Crippen LogP contribution is -2.47. The zero-order valence-corrected chi connectivity index (χ0v) is 13.7. The lowest BCUT2D eigenvalue weighted by atomic mass is 10.00. The Bertz CT molecular complexity index is 770. The van der Waals surface area contributed by atoms with Gasteiger partial charge in [-0.1, -0.05) is 31.2 Å². The minimum atomic E-state index is -0.960. The summed E-state index contributed by atoms with van der Waals surface area (Å²) in [6.07, 6.45) is 0.518. The van der Waals surface area contributed by atoms with E-state index in [-0.39, 0.29) is 23.7 Å². The van der Waals surface area contributed by atoms with Gasteiger partial charge in [0.05, 0.1) is 11.1 Å². The van der Waals surface area contributed by atoms with Gasteiger partial charge in [0.2, 0.25) is 0 Å². The van der Waals surface area contributed by atoms with Gasteiger partial charge in [-0.2, -0.15) is 0 Å². The van der Waals surface area contributed by atoms with Crippen LogP contribution in [0, 0.1) is 0 Å². The molecule has 2 atom stereocenters. The number of nitrogens with zero attached hydrogens (tertiary/aromatic N) is 1. The Morgan fingerprint density at radius 1 is 1.21 bits per heavy atom. The summed E-state index contributed by atoms with van der Waals surface area (Å²) < 4.78 is 0. The molecule has 124 valence electrons. The van der Waals surface area contributed by atoms with Crippen molar-refractivity contribution in [3.63, 3.8) is 0 Å². The molecule has 1 aliphatic rings. The van der Waals surface area contributed by atoms with E-state index in [1.807, 2.05) is 43.0 Å². The number of carboxylic acids is 1. The van der Waals surface area contributed by atoms with Gasteiger partial charge in [-0.3, -0.25) is 4.79 Å². The maximum atomic E-state index is 13.0. The van der Waals surface area contributed by atoms with Crippen LogP contribution in [0.5, 0.6) is 0 Å². The van der Waals surface area contributed by atoms with Crippen LogP contribution in [0.25, 0.3) is 0 Å². The zero-order valence-electron chi connectivity index (χ0n) is 13.7. The summed E-state index contributed by atoms with van der Waals surface area (Å²) in [7, 11) is 0. The average molecular weight is 324 g/mol. The minimum Gasteiger partial charge on any atom is -0.478 e. The van der Waals surface area contributed by atoms with E-state index in [2.05, 4.69) is 5.32 Å². The van der Waals surface area contributed by atoms with Gasteiger partial charge in [0.15, 0.2) is 0 Å². The Morgan fingerprint density at radius 2 is 1.88 bits per heavy atom. The maximum Gasteiger partial charge on any atom is 0.335 e. The van der Waals surface area contributed by atoms with E-state index >= 15 is 0 Å². The molecule has 0 bridgehead atoms. The van der Waals surface area contributed by atoms with E-state index in [9.17, 15) is 9.59 Å². The molecule has 0 aliphatic carbocycles. The van der Waals surface area contributed by atoms with Crippen molar-refractivity contribution in [1.29, 1.82) is 0 Å². The SMILES string of the molecule is CC[C@H](C)N1C(=O)c2ccccc2N[C@H]1c1ccc(C(=O)O)cc1. The molecule has 2 N–H and O–H groups in total. The molecule has 0 aromatic heterocycles. The number of carboxylic acid groups (broad SMARTS) is 1. The van der Waals surface area contributed by atoms with Crippen molar-refractivity contribution in [2.45, 2.75) is 32.5 Å². The first-order valence-electron chi connectivity index (χ1n) is 8.04. The van der Waals surface area contributed by atoms with Crippen molar-refractivity contribution in [3.8, 4) is 0 Å². The van der Waals surface area contributed by atoms with E-state index in [4.69, 9.17) is 5.11 Å². The lowest BCUT2D eigenvalue weighted by Gasteiger charge is -2.41. The number of carbonyl (C=O) groups is 2. The number of nitrogens with one attached hydrogen (secondary N) is 1. The number of amides is 1. The van der Waals surface area contributed by atoms with E-state index in [1.54, 1.807) is 24.3 Å². The van der Waals surface area contributed by atoms with E-state index in [0.717, 1.165) is 17.7 Å². The lowest BCUT2D eigenvalue weighted by molar-refractivity contribution is 0.0592. The molecule has 0 unspecified atom stereocenters. The van der Waals surface area contributed by atoms with Crippen molar-refractivity contribution in [1.82, 2.24) is 4.90 Å². The summed E-state index contributed by atoms with van der Waals surface area (Å²) in [6.45, 7) is 4.06. The molecule has 0 radical (unpaired) electrons. The highest BCUT2D eigenvalue weighted by atomic mass is 16.4. The highest BCUT2D eigenvalue weighted by Crippen LogP contribution is 2.35. The van der Waals surface area contributed by atoms with Crippen LogP contribution < -0.4 is 5.32 Å². The molecule has 1 heterocycles. The number of hydrogen-bond acceptors (Lipinski definition) is 3. The number of anilines is 1. The number of aromatic carboxylic acids is 1. The number of fused-ring (bicyclic) bond motifs is 1. The molecular formula is C19H20N2O3. The molecule has 0 fully saturated rings. The molecule has 24 heavy (non-hydrogen) atoms. The van der Waals surface area contributed by atoms with Crippen molar-refractivity contribution in [2.75, 3.05) is 5.32 Å². The smallest absolute Gasteiger partial charge is 0.335 e. The minimum absolute atomic E-state index is 0.00832. The molecule has 3 rings (SSSR count). The molecule has 0 saturated heterocycles. The van der Waals surface area contributed by atoms with Gasteiger partial charge in [0, 0.05) is 11.7 Å². The third-order valence-corrected chi connectivity index (χ3v) is 4.50. The molecule has 5 heteroatoms. The molecule has 0 spiro atoms. The molecule has 0 saturated carbocycles. The normalized spacial score (nSPS) is 17.8. The Kier molecular flexibility index (Phi) is 4.25. The summed E-state index contributed by atoms with van der Waals surface area (Å²) in [6, 6.07) is 14.2. The molecule has 1 amide bonds. The van der Waals surface area contributed by atoms with Crippen LogP contribution in [0.4, 0.5) is 5.69 Å². The summed E-state index contributed by atoms with van der Waals surface area (Å²) in [5, 5.41) is 12.5. The summed E-state index contributed by atoms with van der Waals surface area (Å²) in [5.41, 5.74) is 2.56. The van der Waals surface area contributed by atoms with Crippen LogP contribution in [0.15, 0.2) is 48.5 Å². The highest BCUT2D eigenvalue weighted by Gasteiger charge is 2.35. The quantitative estimate of drug-likeness (QED) is 0.898. The van der Waals surface area contributed by atoms with E-state index in [1.165, 1.54) is 0 Å². The van der Waals surface area contributed by atoms with Gasteiger partial charge < -0.3 is 15.3 Å². The van der Waals surface area contributed by atoms with Crippen LogP contribution in [0.1, 0.15) is 52.7 Å². The number of para-hydroxylation sites is 1. The van der Waals surface area contributed by atoms with Gasteiger partial charge in [-0.15, -0.1) is 0 Å². The largest absolute Gasteiger partial charge is 0.478 e. The fourth-order valence-corrected chi connectivity index (χ4v) is 2.97. The summed E-state index contributed by atoms with van der Waals surface area (Å²) in [5.74, 6) is -0.968. The zero-order chi connectivity index (χ0) is 17.3. The average Bonchev–Trinajstić information content (AvgIpc) is 2.61. The predicted molar refractivity (Wildman–Crippen MR) is 92.1 cm³/mol. The van der Waals surface area contributed by atoms with Gasteiger partial charge >= 0.3 is 5.97 Å². The number of benzene rings is 2. The number of carbonyl (C=O) groups excluding carboxylic acids is 1. The number of hydrogen-bond donors (Lipinski definition) is 2. The first kappa shape index (κ1) is 16.1. The van der Waals surface area contributed by atoms with Crippen molar-refractivity contribution in [3.05, 3.63) is 65.2 Å². The van der Waals surface area contributed by atoms with Gasteiger partial charge in [-0.25, -0.2) is 4.79 Å². The van der Waals surface area contributed by atoms with Gasteiger partial charge in [-0.05, 0) is 43.2 Å². The van der Waals surface area contributed by atoms with Crippen molar-refractivity contribution < 1.29 is 14.7 Å². The number of rotatable bonds is 4. The second-order valence-electron chi connectivity index (χ2n) is 5.99. The maximum absolute atomic E-state index is 13.0. The van der Waals surface area contributed by atoms with Gasteiger partial charge in [0.25, 0.3) is 5.91 Å². The van der Waals surface area contributed by atoms with Crippen LogP contribution in [0.2, 0.25) is 0 Å². The second-order valence-corrected chi connectivity index (χ2v) is 5.99. The topological polar surface area (TPSA) is 69.6 Å². The predicted octanol–water partition coefficient (Wildman–Crippen LogP) is 3.75. The Hall–Kier alpha value is -2.82. The van der Waals surface area contributed by atoms with E-state index in [0.29, 0.717) is 5.56 Å². The third kappa shape index (κ3) is 2.73. The monoisotopic (exact) mass is 324 g/mol. The Balaban J connectivity index is 2.03. The fourth-order valence-electron chi connectivity index (χ4n) is 2.97. The molecule has 5 nitrogen and oxygen atoms in total. The standard InChI is InChI=1S/C19H20N2O3/c1-3-12(2)21-17(13-8-10-14(11-9-13)19(23)24)20-16-7-5-4-6-15(16)18(21)22/h4-12,17,20H,3H2,1-2H3,(H,23,24)/t12-,17+/m0/s1.